The number of carbonyl (C=O) groups is 1. The lowest BCUT2D eigenvalue weighted by Crippen LogP contribution is -2.27. The first-order valence-corrected chi connectivity index (χ1v) is 12.7. The van der Waals surface area contributed by atoms with Gasteiger partial charge in [-0.25, -0.2) is 4.98 Å². The molecule has 2 heterocycles. The van der Waals surface area contributed by atoms with Crippen LogP contribution in [-0.2, 0) is 17.8 Å². The summed E-state index contributed by atoms with van der Waals surface area (Å²) in [5, 5.41) is 0.709. The third kappa shape index (κ3) is 5.68. The van der Waals surface area contributed by atoms with Crippen LogP contribution in [0.3, 0.4) is 0 Å². The van der Waals surface area contributed by atoms with Gasteiger partial charge in [0.1, 0.15) is 11.6 Å². The monoisotopic (exact) mass is 487 g/mol. The van der Waals surface area contributed by atoms with Gasteiger partial charge in [0.15, 0.2) is 0 Å². The van der Waals surface area contributed by atoms with E-state index in [-0.39, 0.29) is 11.8 Å². The average molecular weight is 488 g/mol. The standard InChI is InChI=1S/C29H30ClN3O2/c30-24-12-14-25(15-13-24)35-19-7-6-17-33-27-11-5-4-10-26(27)31-29(33)23-20-28(34)32(21-23)18-16-22-8-2-1-3-9-22/h1-5,8-15,23H,6-7,16-21H2. The molecule has 1 fully saturated rings. The van der Waals surface area contributed by atoms with Crippen LogP contribution in [-0.4, -0.2) is 40.1 Å². The highest BCUT2D eigenvalue weighted by Crippen LogP contribution is 2.31. The lowest BCUT2D eigenvalue weighted by atomic mass is 10.1. The number of nitrogens with zero attached hydrogens (tertiary/aromatic N) is 3. The highest BCUT2D eigenvalue weighted by atomic mass is 35.5. The van der Waals surface area contributed by atoms with E-state index >= 15 is 0 Å². The highest BCUT2D eigenvalue weighted by molar-refractivity contribution is 6.30. The lowest BCUT2D eigenvalue weighted by Gasteiger charge is -2.17. The third-order valence-electron chi connectivity index (χ3n) is 6.64. The maximum atomic E-state index is 12.8. The molecule has 5 rings (SSSR count). The van der Waals surface area contributed by atoms with Crippen molar-refractivity contribution in [1.29, 1.82) is 0 Å². The van der Waals surface area contributed by atoms with Gasteiger partial charge in [-0.05, 0) is 61.2 Å². The summed E-state index contributed by atoms with van der Waals surface area (Å²) in [6.07, 6.45) is 3.31. The number of benzene rings is 3. The number of amides is 1. The van der Waals surface area contributed by atoms with Gasteiger partial charge in [-0.15, -0.1) is 0 Å². The second kappa shape index (κ2) is 11.0. The highest BCUT2D eigenvalue weighted by Gasteiger charge is 2.33. The molecule has 0 radical (unpaired) electrons. The van der Waals surface area contributed by atoms with E-state index in [1.807, 2.05) is 53.4 Å². The fourth-order valence-corrected chi connectivity index (χ4v) is 4.93. The number of para-hydroxylation sites is 2. The zero-order valence-corrected chi connectivity index (χ0v) is 20.5. The van der Waals surface area contributed by atoms with Crippen LogP contribution in [0.15, 0.2) is 78.9 Å². The second-order valence-electron chi connectivity index (χ2n) is 9.10. The van der Waals surface area contributed by atoms with Gasteiger partial charge in [0.25, 0.3) is 0 Å². The smallest absolute Gasteiger partial charge is 0.223 e. The largest absolute Gasteiger partial charge is 0.494 e. The van der Waals surface area contributed by atoms with Crippen LogP contribution in [0.2, 0.25) is 5.02 Å². The molecule has 1 aliphatic heterocycles. The molecule has 3 aromatic carbocycles. The third-order valence-corrected chi connectivity index (χ3v) is 6.89. The number of hydrogen-bond donors (Lipinski definition) is 0. The molecule has 0 saturated carbocycles. The first-order chi connectivity index (χ1) is 17.2. The Labute approximate surface area is 211 Å². The number of rotatable bonds is 10. The number of likely N-dealkylation sites (tertiary alicyclic amines) is 1. The summed E-state index contributed by atoms with van der Waals surface area (Å²) in [7, 11) is 0. The Balaban J connectivity index is 1.22. The van der Waals surface area contributed by atoms with E-state index in [9.17, 15) is 4.79 Å². The van der Waals surface area contributed by atoms with Crippen LogP contribution in [0.4, 0.5) is 0 Å². The van der Waals surface area contributed by atoms with Gasteiger partial charge in [0, 0.05) is 37.0 Å². The zero-order chi connectivity index (χ0) is 24.0. The molecule has 5 nitrogen and oxygen atoms in total. The molecule has 1 amide bonds. The minimum absolute atomic E-state index is 0.121. The number of hydrogen-bond acceptors (Lipinski definition) is 3. The Morgan fingerprint density at radius 3 is 2.51 bits per heavy atom. The molecule has 1 aromatic heterocycles. The molecule has 1 aliphatic rings. The molecule has 4 aromatic rings. The second-order valence-corrected chi connectivity index (χ2v) is 9.53. The zero-order valence-electron chi connectivity index (χ0n) is 19.8. The summed E-state index contributed by atoms with van der Waals surface area (Å²) in [4.78, 5) is 19.8. The van der Waals surface area contributed by atoms with Gasteiger partial charge in [-0.3, -0.25) is 4.79 Å². The molecule has 180 valence electrons. The minimum atomic E-state index is 0.121. The maximum absolute atomic E-state index is 12.8. The number of ether oxygens (including phenoxy) is 1. The van der Waals surface area contributed by atoms with E-state index < -0.39 is 0 Å². The van der Waals surface area contributed by atoms with Crippen molar-refractivity contribution in [2.24, 2.45) is 0 Å². The van der Waals surface area contributed by atoms with Crippen molar-refractivity contribution in [2.45, 2.75) is 38.1 Å². The Morgan fingerprint density at radius 1 is 0.914 bits per heavy atom. The maximum Gasteiger partial charge on any atom is 0.223 e. The Hall–Kier alpha value is -3.31. The number of aryl methyl sites for hydroxylation is 1. The number of carbonyl (C=O) groups excluding carboxylic acids is 1. The van der Waals surface area contributed by atoms with Crippen LogP contribution in [0.5, 0.6) is 5.75 Å². The van der Waals surface area contributed by atoms with Crippen LogP contribution < -0.4 is 4.74 Å². The molecule has 0 N–H and O–H groups in total. The number of unbranched alkanes of at least 4 members (excludes halogenated alkanes) is 1. The fourth-order valence-electron chi connectivity index (χ4n) is 4.80. The van der Waals surface area contributed by atoms with E-state index in [0.717, 1.165) is 61.5 Å². The minimum Gasteiger partial charge on any atom is -0.494 e. The quantitative estimate of drug-likeness (QED) is 0.254. The number of aromatic nitrogens is 2. The average Bonchev–Trinajstić information content (AvgIpc) is 3.44. The molecular weight excluding hydrogens is 458 g/mol. The Morgan fingerprint density at radius 2 is 1.69 bits per heavy atom. The Kier molecular flexibility index (Phi) is 7.34. The predicted molar refractivity (Wildman–Crippen MR) is 140 cm³/mol. The summed E-state index contributed by atoms with van der Waals surface area (Å²) in [5.74, 6) is 2.21. The van der Waals surface area contributed by atoms with E-state index in [4.69, 9.17) is 21.3 Å². The fraction of sp³-hybridized carbons (Fsp3) is 0.310. The summed E-state index contributed by atoms with van der Waals surface area (Å²) < 4.78 is 8.17. The van der Waals surface area contributed by atoms with Gasteiger partial charge in [-0.2, -0.15) is 0 Å². The molecule has 1 saturated heterocycles. The lowest BCUT2D eigenvalue weighted by molar-refractivity contribution is -0.127. The SMILES string of the molecule is O=C1CC(c2nc3ccccc3n2CCCCOc2ccc(Cl)cc2)CN1CCc1ccccc1. The van der Waals surface area contributed by atoms with Crippen molar-refractivity contribution in [3.05, 3.63) is 95.3 Å². The van der Waals surface area contributed by atoms with Crippen LogP contribution in [0.1, 0.15) is 36.6 Å². The van der Waals surface area contributed by atoms with E-state index in [1.165, 1.54) is 5.56 Å². The molecule has 1 unspecified atom stereocenters. The van der Waals surface area contributed by atoms with Gasteiger partial charge in [-0.1, -0.05) is 54.1 Å². The van der Waals surface area contributed by atoms with Crippen molar-refractivity contribution in [3.63, 3.8) is 0 Å². The van der Waals surface area contributed by atoms with Crippen molar-refractivity contribution < 1.29 is 9.53 Å². The topological polar surface area (TPSA) is 47.4 Å². The van der Waals surface area contributed by atoms with Gasteiger partial charge in [0.2, 0.25) is 5.91 Å². The van der Waals surface area contributed by atoms with Crippen molar-refractivity contribution in [3.8, 4) is 5.75 Å². The summed E-state index contributed by atoms with van der Waals surface area (Å²) in [5.41, 5.74) is 3.39. The van der Waals surface area contributed by atoms with Crippen molar-refractivity contribution in [2.75, 3.05) is 19.7 Å². The summed E-state index contributed by atoms with van der Waals surface area (Å²) in [6.45, 7) is 2.99. The molecule has 0 spiro atoms. The van der Waals surface area contributed by atoms with Crippen molar-refractivity contribution >= 4 is 28.5 Å². The van der Waals surface area contributed by atoms with Gasteiger partial charge in [0.05, 0.1) is 17.6 Å². The number of imidazole rings is 1. The number of fused-ring (bicyclic) bond motifs is 1. The first-order valence-electron chi connectivity index (χ1n) is 12.3. The van der Waals surface area contributed by atoms with E-state index in [2.05, 4.69) is 34.9 Å². The molecular formula is C29H30ClN3O2. The molecule has 35 heavy (non-hydrogen) atoms. The van der Waals surface area contributed by atoms with E-state index in [1.54, 1.807) is 0 Å². The molecule has 0 bridgehead atoms. The van der Waals surface area contributed by atoms with Gasteiger partial charge < -0.3 is 14.2 Å². The van der Waals surface area contributed by atoms with Crippen LogP contribution >= 0.6 is 11.6 Å². The van der Waals surface area contributed by atoms with E-state index in [0.29, 0.717) is 18.1 Å². The predicted octanol–water partition coefficient (Wildman–Crippen LogP) is 6.11. The van der Waals surface area contributed by atoms with Crippen molar-refractivity contribution in [1.82, 2.24) is 14.5 Å². The van der Waals surface area contributed by atoms with Gasteiger partial charge >= 0.3 is 0 Å². The number of halogens is 1. The molecule has 1 atom stereocenters. The molecule has 6 heteroatoms. The summed E-state index contributed by atoms with van der Waals surface area (Å²) >= 11 is 5.94. The van der Waals surface area contributed by atoms with Crippen LogP contribution in [0, 0.1) is 0 Å². The normalized spacial score (nSPS) is 15.7. The Bertz CT molecular complexity index is 1270. The first kappa shape index (κ1) is 23.4. The van der Waals surface area contributed by atoms with Crippen LogP contribution in [0.25, 0.3) is 11.0 Å². The summed E-state index contributed by atoms with van der Waals surface area (Å²) in [6, 6.07) is 26.1. The molecule has 0 aliphatic carbocycles.